The predicted molar refractivity (Wildman–Crippen MR) is 177 cm³/mol. The summed E-state index contributed by atoms with van der Waals surface area (Å²) in [6.07, 6.45) is 8.88. The van der Waals surface area contributed by atoms with E-state index in [1.54, 1.807) is 0 Å². The molecule has 0 spiro atoms. The Kier molecular flexibility index (Phi) is 9.27. The first-order chi connectivity index (χ1) is 21.9. The second-order valence-corrected chi connectivity index (χ2v) is 14.8. The molecule has 8 heteroatoms. The Morgan fingerprint density at radius 1 is 1.02 bits per heavy atom. The normalized spacial score (nSPS) is 24.1. The number of fused-ring (bicyclic) bond motifs is 1. The minimum atomic E-state index is 0.160. The summed E-state index contributed by atoms with van der Waals surface area (Å²) >= 11 is 1.90. The molecule has 1 atom stereocenters. The maximum absolute atomic E-state index is 14.0. The number of ether oxygens (including phenoxy) is 3. The summed E-state index contributed by atoms with van der Waals surface area (Å²) in [6, 6.07) is 13.0. The van der Waals surface area contributed by atoms with Crippen LogP contribution in [0.15, 0.2) is 36.4 Å². The smallest absolute Gasteiger partial charge is 0.255 e. The van der Waals surface area contributed by atoms with Gasteiger partial charge in [-0.05, 0) is 88.0 Å². The Labute approximate surface area is 271 Å². The molecular weight excluding hydrogens is 582 g/mol. The van der Waals surface area contributed by atoms with Crippen LogP contribution in [0.5, 0.6) is 5.88 Å². The molecule has 0 N–H and O–H groups in total. The van der Waals surface area contributed by atoms with Crippen molar-refractivity contribution in [1.82, 2.24) is 14.8 Å². The van der Waals surface area contributed by atoms with Gasteiger partial charge in [0.15, 0.2) is 0 Å². The minimum Gasteiger partial charge on any atom is -0.473 e. The first-order valence-electron chi connectivity index (χ1n) is 16.9. The second kappa shape index (κ2) is 13.5. The van der Waals surface area contributed by atoms with Crippen LogP contribution in [0, 0.1) is 26.7 Å². The number of carbonyl (C=O) groups excluding carboxylic acids is 1. The average molecular weight is 630 g/mol. The fourth-order valence-electron chi connectivity index (χ4n) is 7.70. The lowest BCUT2D eigenvalue weighted by molar-refractivity contribution is -0.109. The molecule has 5 heterocycles. The summed E-state index contributed by atoms with van der Waals surface area (Å²) in [4.78, 5) is 26.1. The number of benzene rings is 1. The SMILES string of the molecule is Cc1cc(C)c(CN2CCc3sc(CC4CCC(N5CC(OC6CCOC6)C5)CC4)c(C)c3C2=O)c(OCc2ccccc2)n1. The third kappa shape index (κ3) is 6.85. The second-order valence-electron chi connectivity index (χ2n) is 13.6. The van der Waals surface area contributed by atoms with E-state index in [4.69, 9.17) is 19.2 Å². The van der Waals surface area contributed by atoms with Gasteiger partial charge in [0.25, 0.3) is 5.91 Å². The number of rotatable bonds is 10. The zero-order valence-electron chi connectivity index (χ0n) is 27.1. The quantitative estimate of drug-likeness (QED) is 0.257. The summed E-state index contributed by atoms with van der Waals surface area (Å²) in [5.74, 6) is 1.51. The summed E-state index contributed by atoms with van der Waals surface area (Å²) in [7, 11) is 0. The van der Waals surface area contributed by atoms with E-state index >= 15 is 0 Å². The molecule has 7 nitrogen and oxygen atoms in total. The molecule has 2 saturated heterocycles. The van der Waals surface area contributed by atoms with Crippen molar-refractivity contribution in [2.45, 2.75) is 97.1 Å². The van der Waals surface area contributed by atoms with Crippen molar-refractivity contribution >= 4 is 17.2 Å². The van der Waals surface area contributed by atoms with Gasteiger partial charge in [0.05, 0.1) is 30.9 Å². The monoisotopic (exact) mass is 629 g/mol. The molecule has 1 amide bonds. The molecule has 3 aromatic rings. The van der Waals surface area contributed by atoms with Crippen molar-refractivity contribution < 1.29 is 19.0 Å². The third-order valence-electron chi connectivity index (χ3n) is 10.4. The lowest BCUT2D eigenvalue weighted by Crippen LogP contribution is -2.58. The number of hydrogen-bond acceptors (Lipinski definition) is 7. The molecule has 4 aliphatic rings. The van der Waals surface area contributed by atoms with Crippen molar-refractivity contribution in [2.24, 2.45) is 5.92 Å². The Hall–Kier alpha value is -2.78. The van der Waals surface area contributed by atoms with Crippen LogP contribution in [0.4, 0.5) is 0 Å². The Balaban J connectivity index is 0.952. The number of hydrogen-bond donors (Lipinski definition) is 0. The number of nitrogens with zero attached hydrogens (tertiary/aromatic N) is 3. The Bertz CT molecular complexity index is 1490. The lowest BCUT2D eigenvalue weighted by atomic mass is 9.81. The molecule has 0 radical (unpaired) electrons. The van der Waals surface area contributed by atoms with Crippen LogP contribution in [0.25, 0.3) is 0 Å². The van der Waals surface area contributed by atoms with Gasteiger partial charge < -0.3 is 19.1 Å². The summed E-state index contributed by atoms with van der Waals surface area (Å²) < 4.78 is 17.9. The maximum Gasteiger partial charge on any atom is 0.255 e. The number of aromatic nitrogens is 1. The Morgan fingerprint density at radius 3 is 2.58 bits per heavy atom. The lowest BCUT2D eigenvalue weighted by Gasteiger charge is -2.47. The van der Waals surface area contributed by atoms with Crippen LogP contribution in [0.3, 0.4) is 0 Å². The predicted octanol–water partition coefficient (Wildman–Crippen LogP) is 6.44. The van der Waals surface area contributed by atoms with E-state index in [0.29, 0.717) is 43.2 Å². The fraction of sp³-hybridized carbons (Fsp3) is 0.568. The third-order valence-corrected chi connectivity index (χ3v) is 11.8. The molecule has 240 valence electrons. The van der Waals surface area contributed by atoms with Crippen LogP contribution in [-0.2, 0) is 35.5 Å². The number of aryl methyl sites for hydroxylation is 2. The van der Waals surface area contributed by atoms with Crippen molar-refractivity contribution in [3.63, 3.8) is 0 Å². The Morgan fingerprint density at radius 2 is 1.82 bits per heavy atom. The number of pyridine rings is 1. The molecule has 1 unspecified atom stereocenters. The summed E-state index contributed by atoms with van der Waals surface area (Å²) in [6.45, 7) is 11.8. The zero-order chi connectivity index (χ0) is 30.9. The minimum absolute atomic E-state index is 0.160. The molecule has 1 aromatic carbocycles. The topological polar surface area (TPSA) is 64.1 Å². The largest absolute Gasteiger partial charge is 0.473 e. The van der Waals surface area contributed by atoms with Gasteiger partial charge in [-0.25, -0.2) is 4.98 Å². The van der Waals surface area contributed by atoms with Crippen LogP contribution in [0.2, 0.25) is 0 Å². The molecule has 3 fully saturated rings. The van der Waals surface area contributed by atoms with Crippen LogP contribution >= 0.6 is 11.3 Å². The van der Waals surface area contributed by atoms with Gasteiger partial charge in [0.2, 0.25) is 5.88 Å². The van der Waals surface area contributed by atoms with Gasteiger partial charge in [-0.3, -0.25) is 9.69 Å². The number of carbonyl (C=O) groups is 1. The van der Waals surface area contributed by atoms with Gasteiger partial charge >= 0.3 is 0 Å². The highest BCUT2D eigenvalue weighted by Gasteiger charge is 2.37. The molecule has 1 aliphatic carbocycles. The van der Waals surface area contributed by atoms with E-state index in [-0.39, 0.29) is 5.91 Å². The number of amides is 1. The first-order valence-corrected chi connectivity index (χ1v) is 17.7. The summed E-state index contributed by atoms with van der Waals surface area (Å²) in [5, 5.41) is 0. The van der Waals surface area contributed by atoms with E-state index in [0.717, 1.165) is 80.1 Å². The van der Waals surface area contributed by atoms with Crippen molar-refractivity contribution in [2.75, 3.05) is 32.8 Å². The van der Waals surface area contributed by atoms with Crippen LogP contribution in [-0.4, -0.2) is 71.8 Å². The standard InChI is InChI=1S/C37H47N3O4S/c1-24-17-25(2)38-36(43-22-28-7-5-4-6-8-28)32(24)21-39-15-13-33-35(37(39)41)26(3)34(45-33)18-27-9-11-29(12-10-27)40-19-31(20-40)44-30-14-16-42-23-30/h4-8,17,27,29-31H,9-16,18-23H2,1-3H3. The average Bonchev–Trinajstić information content (AvgIpc) is 3.65. The van der Waals surface area contributed by atoms with Crippen molar-refractivity contribution in [1.29, 1.82) is 0 Å². The molecule has 3 aliphatic heterocycles. The van der Waals surface area contributed by atoms with Gasteiger partial charge in [-0.2, -0.15) is 0 Å². The molecule has 45 heavy (non-hydrogen) atoms. The van der Waals surface area contributed by atoms with Gasteiger partial charge in [0, 0.05) is 59.7 Å². The van der Waals surface area contributed by atoms with Crippen molar-refractivity contribution in [3.8, 4) is 5.88 Å². The number of thiophene rings is 1. The first kappa shape index (κ1) is 30.9. The molecule has 1 saturated carbocycles. The van der Waals surface area contributed by atoms with Crippen LogP contribution < -0.4 is 4.74 Å². The molecule has 0 bridgehead atoms. The van der Waals surface area contributed by atoms with Gasteiger partial charge in [0.1, 0.15) is 6.61 Å². The van der Waals surface area contributed by atoms with E-state index in [1.807, 2.05) is 41.4 Å². The zero-order valence-corrected chi connectivity index (χ0v) is 27.9. The fourth-order valence-corrected chi connectivity index (χ4v) is 9.11. The highest BCUT2D eigenvalue weighted by Crippen LogP contribution is 2.39. The summed E-state index contributed by atoms with van der Waals surface area (Å²) in [5.41, 5.74) is 6.32. The van der Waals surface area contributed by atoms with Crippen molar-refractivity contribution in [3.05, 3.63) is 79.7 Å². The van der Waals surface area contributed by atoms with E-state index in [9.17, 15) is 4.79 Å². The van der Waals surface area contributed by atoms with E-state index < -0.39 is 0 Å². The van der Waals surface area contributed by atoms with E-state index in [1.165, 1.54) is 41.0 Å². The van der Waals surface area contributed by atoms with Gasteiger partial charge in [-0.15, -0.1) is 11.3 Å². The highest BCUT2D eigenvalue weighted by atomic mass is 32.1. The van der Waals surface area contributed by atoms with E-state index in [2.05, 4.69) is 36.9 Å². The van der Waals surface area contributed by atoms with Crippen LogP contribution in [0.1, 0.15) is 80.2 Å². The van der Waals surface area contributed by atoms with Gasteiger partial charge in [-0.1, -0.05) is 30.3 Å². The molecule has 7 rings (SSSR count). The highest BCUT2D eigenvalue weighted by molar-refractivity contribution is 7.12. The maximum atomic E-state index is 14.0. The number of likely N-dealkylation sites (tertiary alicyclic amines) is 1. The molecule has 2 aromatic heterocycles. The molecular formula is C37H47N3O4S.